The Bertz CT molecular complexity index is 1290. The van der Waals surface area contributed by atoms with E-state index < -0.39 is 66.1 Å². The maximum absolute atomic E-state index is 13.1. The van der Waals surface area contributed by atoms with Gasteiger partial charge in [0.2, 0.25) is 35.4 Å². The highest BCUT2D eigenvalue weighted by Gasteiger charge is 2.34. The van der Waals surface area contributed by atoms with E-state index >= 15 is 0 Å². The minimum Gasteiger partial charge on any atom is -0.480 e. The predicted molar refractivity (Wildman–Crippen MR) is 187 cm³/mol. The van der Waals surface area contributed by atoms with Crippen molar-refractivity contribution in [1.82, 2.24) is 21.3 Å². The van der Waals surface area contributed by atoms with Crippen LogP contribution in [0, 0.1) is 11.8 Å². The van der Waals surface area contributed by atoms with Crippen LogP contribution in [0.25, 0.3) is 0 Å². The number of unbranched alkanes of at least 4 members (excludes halogenated alkanes) is 4. The van der Waals surface area contributed by atoms with Gasteiger partial charge in [-0.3, -0.25) is 28.8 Å². The van der Waals surface area contributed by atoms with Crippen LogP contribution in [-0.4, -0.2) is 70.7 Å². The molecule has 1 fully saturated rings. The molecule has 14 heteroatoms. The van der Waals surface area contributed by atoms with Gasteiger partial charge in [0.25, 0.3) is 0 Å². The molecule has 0 aromatic heterocycles. The lowest BCUT2D eigenvalue weighted by Gasteiger charge is -2.29. The number of benzene rings is 1. The molecule has 5 atom stereocenters. The molecule has 278 valence electrons. The zero-order valence-corrected chi connectivity index (χ0v) is 29.4. The van der Waals surface area contributed by atoms with E-state index in [0.717, 1.165) is 31.2 Å². The minimum atomic E-state index is -1.27. The average Bonchev–Trinajstić information content (AvgIpc) is 3.08. The van der Waals surface area contributed by atoms with Gasteiger partial charge in [-0.25, -0.2) is 4.79 Å². The Morgan fingerprint density at radius 3 is 1.88 bits per heavy atom. The lowest BCUT2D eigenvalue weighted by atomic mass is 9.83. The van der Waals surface area contributed by atoms with E-state index in [4.69, 9.17) is 11.5 Å². The zero-order valence-electron chi connectivity index (χ0n) is 29.4. The third kappa shape index (κ3) is 15.4. The molecule has 0 heterocycles. The SMILES string of the molecule is CC[C@@H](C)[C@H](NC(=O)CCCCCCCC(=O)N[C@@H](CC(N)=O)C(=O)N[C@H](C(=O)O)C1CCCCC1)C(=O)N[C@@H](Cc1ccccc1)C(N)=O. The van der Waals surface area contributed by atoms with Crippen molar-refractivity contribution < 1.29 is 38.7 Å². The second-order valence-corrected chi connectivity index (χ2v) is 13.4. The summed E-state index contributed by atoms with van der Waals surface area (Å²) in [5, 5.41) is 20.3. The first-order valence-corrected chi connectivity index (χ1v) is 17.9. The van der Waals surface area contributed by atoms with Crippen molar-refractivity contribution in [2.75, 3.05) is 0 Å². The molecule has 14 nitrogen and oxygen atoms in total. The van der Waals surface area contributed by atoms with Crippen molar-refractivity contribution in [1.29, 1.82) is 0 Å². The molecular formula is C36H56N6O8. The maximum atomic E-state index is 13.1. The lowest BCUT2D eigenvalue weighted by molar-refractivity contribution is -0.144. The fourth-order valence-electron chi connectivity index (χ4n) is 6.16. The molecule has 1 aromatic rings. The predicted octanol–water partition coefficient (Wildman–Crippen LogP) is 1.97. The van der Waals surface area contributed by atoms with E-state index in [1.807, 2.05) is 44.2 Å². The van der Waals surface area contributed by atoms with Crippen molar-refractivity contribution in [2.45, 2.75) is 134 Å². The van der Waals surface area contributed by atoms with Gasteiger partial charge in [-0.2, -0.15) is 0 Å². The van der Waals surface area contributed by atoms with E-state index in [9.17, 15) is 38.7 Å². The van der Waals surface area contributed by atoms with E-state index in [1.54, 1.807) is 0 Å². The molecule has 9 N–H and O–H groups in total. The number of carboxylic acids is 1. The number of aliphatic carboxylic acids is 1. The van der Waals surface area contributed by atoms with Crippen LogP contribution in [-0.2, 0) is 40.0 Å². The number of primary amides is 2. The molecule has 1 aromatic carbocycles. The van der Waals surface area contributed by atoms with Crippen LogP contribution in [0.2, 0.25) is 0 Å². The second-order valence-electron chi connectivity index (χ2n) is 13.4. The molecule has 1 aliphatic carbocycles. The molecule has 50 heavy (non-hydrogen) atoms. The third-order valence-electron chi connectivity index (χ3n) is 9.30. The summed E-state index contributed by atoms with van der Waals surface area (Å²) in [6, 6.07) is 5.08. The molecule has 0 aliphatic heterocycles. The number of carboxylic acid groups (broad SMARTS) is 1. The van der Waals surface area contributed by atoms with E-state index in [2.05, 4.69) is 21.3 Å². The molecule has 6 amide bonds. The number of nitrogens with one attached hydrogen (secondary N) is 4. The van der Waals surface area contributed by atoms with E-state index in [0.29, 0.717) is 44.9 Å². The number of nitrogens with two attached hydrogens (primary N) is 2. The largest absolute Gasteiger partial charge is 0.480 e. The quantitative estimate of drug-likeness (QED) is 0.0831. The van der Waals surface area contributed by atoms with Crippen LogP contribution in [0.1, 0.15) is 109 Å². The van der Waals surface area contributed by atoms with Crippen LogP contribution in [0.4, 0.5) is 0 Å². The topological polar surface area (TPSA) is 240 Å². The number of carbonyl (C=O) groups excluding carboxylic acids is 6. The van der Waals surface area contributed by atoms with Crippen molar-refractivity contribution in [3.05, 3.63) is 35.9 Å². The van der Waals surface area contributed by atoms with Crippen LogP contribution in [0.3, 0.4) is 0 Å². The number of hydrogen-bond donors (Lipinski definition) is 7. The fourth-order valence-corrected chi connectivity index (χ4v) is 6.16. The van der Waals surface area contributed by atoms with Gasteiger partial charge in [0.15, 0.2) is 0 Å². The highest BCUT2D eigenvalue weighted by Crippen LogP contribution is 2.27. The molecule has 1 saturated carbocycles. The zero-order chi connectivity index (χ0) is 37.1. The smallest absolute Gasteiger partial charge is 0.326 e. The monoisotopic (exact) mass is 700 g/mol. The molecule has 2 rings (SSSR count). The van der Waals surface area contributed by atoms with Gasteiger partial charge in [-0.15, -0.1) is 0 Å². The molecular weight excluding hydrogens is 644 g/mol. The summed E-state index contributed by atoms with van der Waals surface area (Å²) in [6.45, 7) is 3.76. The van der Waals surface area contributed by atoms with Crippen molar-refractivity contribution >= 4 is 41.4 Å². The van der Waals surface area contributed by atoms with Crippen molar-refractivity contribution in [3.8, 4) is 0 Å². The van der Waals surface area contributed by atoms with E-state index in [1.165, 1.54) is 0 Å². The first-order valence-electron chi connectivity index (χ1n) is 17.9. The summed E-state index contributed by atoms with van der Waals surface area (Å²) in [4.78, 5) is 87.0. The summed E-state index contributed by atoms with van der Waals surface area (Å²) in [7, 11) is 0. The lowest BCUT2D eigenvalue weighted by Crippen LogP contribution is -2.55. The molecule has 0 bridgehead atoms. The number of carbonyl (C=O) groups is 7. The number of rotatable bonds is 23. The van der Waals surface area contributed by atoms with Crippen molar-refractivity contribution in [3.63, 3.8) is 0 Å². The Labute approximate surface area is 294 Å². The fraction of sp³-hybridized carbons (Fsp3) is 0.639. The minimum absolute atomic E-state index is 0.0935. The standard InChI is InChI=1S/C36H56N6O8/c1-3-23(2)31(35(48)40-26(33(38)46)21-24-15-9-7-10-16-24)41-30(45)20-14-6-4-5-13-19-29(44)39-27(22-28(37)43)34(47)42-32(36(49)50)25-17-11-8-12-18-25/h7,9-10,15-16,23,25-27,31-32H,3-6,8,11-14,17-22H2,1-2H3,(H2,37,43)(H2,38,46)(H,39,44)(H,40,48)(H,41,45)(H,42,47)(H,49,50)/t23-,26+,27+,31+,32+/m1/s1. The molecule has 1 aliphatic rings. The van der Waals surface area contributed by atoms with E-state index in [-0.39, 0.29) is 37.0 Å². The summed E-state index contributed by atoms with van der Waals surface area (Å²) in [5.41, 5.74) is 11.7. The molecule has 0 saturated heterocycles. The normalized spacial score (nSPS) is 16.1. The van der Waals surface area contributed by atoms with Gasteiger partial charge in [0.05, 0.1) is 6.42 Å². The van der Waals surface area contributed by atoms with Gasteiger partial charge in [0, 0.05) is 19.3 Å². The van der Waals surface area contributed by atoms with Crippen molar-refractivity contribution in [2.24, 2.45) is 23.3 Å². The van der Waals surface area contributed by atoms with Crippen LogP contribution in [0.5, 0.6) is 0 Å². The van der Waals surface area contributed by atoms with Gasteiger partial charge >= 0.3 is 5.97 Å². The molecule has 0 unspecified atom stereocenters. The second kappa shape index (κ2) is 22.3. The van der Waals surface area contributed by atoms with Gasteiger partial charge in [0.1, 0.15) is 24.2 Å². The maximum Gasteiger partial charge on any atom is 0.326 e. The summed E-state index contributed by atoms with van der Waals surface area (Å²) in [6.07, 6.45) is 8.05. The van der Waals surface area contributed by atoms with Crippen LogP contribution in [0.15, 0.2) is 30.3 Å². The molecule has 0 radical (unpaired) electrons. The highest BCUT2D eigenvalue weighted by atomic mass is 16.4. The molecule has 0 spiro atoms. The third-order valence-corrected chi connectivity index (χ3v) is 9.30. The summed E-state index contributed by atoms with van der Waals surface area (Å²) in [5.74, 6) is -4.96. The average molecular weight is 701 g/mol. The summed E-state index contributed by atoms with van der Waals surface area (Å²) < 4.78 is 0. The van der Waals surface area contributed by atoms with Crippen LogP contribution >= 0.6 is 0 Å². The number of hydrogen-bond acceptors (Lipinski definition) is 7. The van der Waals surface area contributed by atoms with Gasteiger partial charge in [-0.1, -0.05) is 89.1 Å². The Morgan fingerprint density at radius 2 is 1.34 bits per heavy atom. The first-order chi connectivity index (χ1) is 23.8. The Balaban J connectivity index is 1.75. The van der Waals surface area contributed by atoms with Gasteiger partial charge < -0.3 is 37.8 Å². The first kappa shape index (κ1) is 41.7. The summed E-state index contributed by atoms with van der Waals surface area (Å²) >= 11 is 0. The van der Waals surface area contributed by atoms with Crippen LogP contribution < -0.4 is 32.7 Å². The van der Waals surface area contributed by atoms with Gasteiger partial charge in [-0.05, 0) is 43.1 Å². The Hall–Kier alpha value is -4.49. The Morgan fingerprint density at radius 1 is 0.760 bits per heavy atom. The Kier molecular flexibility index (Phi) is 18.6. The highest BCUT2D eigenvalue weighted by molar-refractivity contribution is 5.94. The number of amides is 6.